The van der Waals surface area contributed by atoms with Gasteiger partial charge in [-0.25, -0.2) is 19.2 Å². The van der Waals surface area contributed by atoms with Gasteiger partial charge in [0, 0.05) is 63.2 Å². The first-order valence-corrected chi connectivity index (χ1v) is 27.5. The van der Waals surface area contributed by atoms with Crippen LogP contribution in [0, 0.1) is 12.7 Å². The number of hydrogen-bond acceptors (Lipinski definition) is 14. The number of ether oxygens (including phenoxy) is 2. The minimum Gasteiger partial charge on any atom is -0.457 e. The van der Waals surface area contributed by atoms with E-state index < -0.39 is 47.1 Å². The molecule has 1 unspecified atom stereocenters. The highest BCUT2D eigenvalue weighted by molar-refractivity contribution is 7.22. The number of piperazine rings is 1. The fraction of sp³-hybridized carbons (Fsp3) is 0.295. The van der Waals surface area contributed by atoms with Crippen molar-refractivity contribution in [2.45, 2.75) is 84.4 Å². The molecule has 80 heavy (non-hydrogen) atoms. The van der Waals surface area contributed by atoms with Crippen LogP contribution in [-0.2, 0) is 38.5 Å². The maximum absolute atomic E-state index is 15.5. The summed E-state index contributed by atoms with van der Waals surface area (Å²) in [5.74, 6) is -2.48. The Kier molecular flexibility index (Phi) is 14.5. The molecule has 2 aromatic heterocycles. The van der Waals surface area contributed by atoms with Crippen molar-refractivity contribution in [3.63, 3.8) is 0 Å². The number of aryl methyl sites for hydroxylation is 1. The Morgan fingerprint density at radius 2 is 1.54 bits per heavy atom. The van der Waals surface area contributed by atoms with E-state index in [-0.39, 0.29) is 47.2 Å². The Morgan fingerprint density at radius 3 is 2.29 bits per heavy atom. The largest absolute Gasteiger partial charge is 0.457 e. The molecule has 6 heterocycles. The lowest BCUT2D eigenvalue weighted by Gasteiger charge is -2.36. The number of para-hydroxylation sites is 1. The number of esters is 1. The van der Waals surface area contributed by atoms with Crippen LogP contribution in [0.2, 0.25) is 0 Å². The third-order valence-electron chi connectivity index (χ3n) is 14.9. The van der Waals surface area contributed by atoms with Crippen LogP contribution in [0.5, 0.6) is 11.5 Å². The summed E-state index contributed by atoms with van der Waals surface area (Å²) in [7, 11) is 0. The minimum absolute atomic E-state index is 0.00297. The van der Waals surface area contributed by atoms with Crippen LogP contribution in [0.3, 0.4) is 0 Å². The summed E-state index contributed by atoms with van der Waals surface area (Å²) in [5, 5.41) is 5.70. The molecule has 408 valence electrons. The molecule has 0 saturated carbocycles. The first-order chi connectivity index (χ1) is 38.5. The number of piperidine rings is 1. The van der Waals surface area contributed by atoms with Crippen molar-refractivity contribution < 1.29 is 47.4 Å². The maximum Gasteiger partial charge on any atom is 0.358 e. The summed E-state index contributed by atoms with van der Waals surface area (Å²) in [6.45, 7) is 9.70. The van der Waals surface area contributed by atoms with Gasteiger partial charge in [-0.1, -0.05) is 59.9 Å². The topological polar surface area (TPSA) is 201 Å². The summed E-state index contributed by atoms with van der Waals surface area (Å²) in [6.07, 6.45) is 2.20. The number of nitrogens with zero attached hydrogens (tertiary/aromatic N) is 6. The number of carbonyl (C=O) groups is 7. The SMILES string of the molecule is Cc1c(Oc2ccc(CCCC(=O)N3CCN(c4cc5c(cc4F)C(=O)N(C4CCC(=O)NC4=O)C5=O)CC3)cc2)cccc1-c1ccc(N2CCc3cccc(C(=O)Nc4nc5ccccc5s4)c3C2)nc1C(=O)OC(C)(C)C. The van der Waals surface area contributed by atoms with Gasteiger partial charge < -0.3 is 24.2 Å². The molecule has 5 aromatic carbocycles. The van der Waals surface area contributed by atoms with Gasteiger partial charge >= 0.3 is 5.97 Å². The van der Waals surface area contributed by atoms with Crippen molar-refractivity contribution in [2.75, 3.05) is 47.8 Å². The predicted octanol–water partition coefficient (Wildman–Crippen LogP) is 9.44. The fourth-order valence-corrected chi connectivity index (χ4v) is 11.7. The van der Waals surface area contributed by atoms with Crippen LogP contribution in [-0.4, -0.2) is 106 Å². The van der Waals surface area contributed by atoms with Gasteiger partial charge in [-0.3, -0.25) is 44.3 Å². The Morgan fingerprint density at radius 1 is 0.787 bits per heavy atom. The third kappa shape index (κ3) is 10.8. The molecular weight excluding hydrogens is 1040 g/mol. The number of carbonyl (C=O) groups excluding carboxylic acids is 7. The highest BCUT2D eigenvalue weighted by Gasteiger charge is 2.45. The van der Waals surface area contributed by atoms with E-state index in [1.54, 1.807) is 9.80 Å². The molecule has 0 bridgehead atoms. The number of pyridine rings is 1. The second-order valence-corrected chi connectivity index (χ2v) is 22.3. The number of rotatable bonds is 13. The van der Waals surface area contributed by atoms with Gasteiger partial charge in [0.15, 0.2) is 10.8 Å². The van der Waals surface area contributed by atoms with E-state index in [1.165, 1.54) is 17.4 Å². The molecule has 0 radical (unpaired) electrons. The number of anilines is 3. The average molecular weight is 1100 g/mol. The fourth-order valence-electron chi connectivity index (χ4n) is 10.8. The molecule has 17 nitrogen and oxygen atoms in total. The van der Waals surface area contributed by atoms with Crippen LogP contribution in [0.25, 0.3) is 21.3 Å². The number of nitrogens with one attached hydrogen (secondary N) is 2. The lowest BCUT2D eigenvalue weighted by Crippen LogP contribution is -2.54. The molecule has 4 aliphatic heterocycles. The highest BCUT2D eigenvalue weighted by Crippen LogP contribution is 2.38. The first-order valence-electron chi connectivity index (χ1n) is 26.7. The van der Waals surface area contributed by atoms with Crippen molar-refractivity contribution in [2.24, 2.45) is 0 Å². The van der Waals surface area contributed by atoms with E-state index in [0.29, 0.717) is 98.5 Å². The molecule has 0 spiro atoms. The number of hydrogen-bond donors (Lipinski definition) is 2. The summed E-state index contributed by atoms with van der Waals surface area (Å²) in [6, 6.07) is 31.9. The van der Waals surface area contributed by atoms with E-state index in [4.69, 9.17) is 14.5 Å². The van der Waals surface area contributed by atoms with Crippen molar-refractivity contribution >= 4 is 79.6 Å². The second kappa shape index (κ2) is 21.8. The van der Waals surface area contributed by atoms with E-state index in [9.17, 15) is 33.6 Å². The number of thiazole rings is 1. The molecule has 6 amide bonds. The lowest BCUT2D eigenvalue weighted by atomic mass is 9.94. The number of aromatic nitrogens is 2. The van der Waals surface area contributed by atoms with Gasteiger partial charge in [-0.2, -0.15) is 0 Å². The highest BCUT2D eigenvalue weighted by atomic mass is 32.1. The Bertz CT molecular complexity index is 3650. The van der Waals surface area contributed by atoms with E-state index in [2.05, 4.69) is 20.5 Å². The Hall–Kier alpha value is -8.84. The molecule has 7 aromatic rings. The van der Waals surface area contributed by atoms with Gasteiger partial charge in [-0.15, -0.1) is 0 Å². The number of halogens is 1. The average Bonchev–Trinajstić information content (AvgIpc) is 4.11. The summed E-state index contributed by atoms with van der Waals surface area (Å²) < 4.78 is 28.9. The first kappa shape index (κ1) is 53.2. The minimum atomic E-state index is -1.15. The summed E-state index contributed by atoms with van der Waals surface area (Å²) in [5.41, 5.74) is 5.82. The lowest BCUT2D eigenvalue weighted by molar-refractivity contribution is -0.136. The van der Waals surface area contributed by atoms with Gasteiger partial charge in [0.25, 0.3) is 17.7 Å². The molecule has 2 saturated heterocycles. The smallest absolute Gasteiger partial charge is 0.358 e. The molecular formula is C61H57FN8O9S. The quantitative estimate of drug-likeness (QED) is 0.0818. The van der Waals surface area contributed by atoms with Crippen LogP contribution in [0.15, 0.2) is 109 Å². The van der Waals surface area contributed by atoms with E-state index in [1.807, 2.05) is 125 Å². The number of imide groups is 2. The Balaban J connectivity index is 0.710. The van der Waals surface area contributed by atoms with Crippen LogP contribution in [0.4, 0.5) is 21.0 Å². The summed E-state index contributed by atoms with van der Waals surface area (Å²) >= 11 is 1.42. The van der Waals surface area contributed by atoms with Gasteiger partial charge in [0.1, 0.15) is 34.8 Å². The van der Waals surface area contributed by atoms with Crippen molar-refractivity contribution in [3.05, 3.63) is 160 Å². The molecule has 1 atom stereocenters. The maximum atomic E-state index is 15.5. The zero-order valence-corrected chi connectivity index (χ0v) is 45.4. The zero-order chi connectivity index (χ0) is 56.0. The van der Waals surface area contributed by atoms with E-state index >= 15 is 4.39 Å². The van der Waals surface area contributed by atoms with Crippen molar-refractivity contribution in [1.82, 2.24) is 25.1 Å². The normalized spacial score (nSPS) is 16.4. The Labute approximate surface area is 464 Å². The molecule has 2 N–H and O–H groups in total. The second-order valence-electron chi connectivity index (χ2n) is 21.3. The molecule has 11 rings (SSSR count). The number of amides is 6. The van der Waals surface area contributed by atoms with Gasteiger partial charge in [0.2, 0.25) is 17.7 Å². The van der Waals surface area contributed by atoms with Crippen LogP contribution in [0.1, 0.15) is 110 Å². The number of benzene rings is 5. The molecule has 0 aliphatic carbocycles. The predicted molar refractivity (Wildman–Crippen MR) is 300 cm³/mol. The standard InChI is InChI=1S/C61H57FN8O9S/c1-35-39(40-22-24-51(64-54(40)59(77)79-61(2,3)4)69-27-26-37-11-8-13-41(44(37)34-69)55(73)66-60-63-46-14-5-6-16-50(46)80-60)12-9-15-49(35)78-38-20-18-36(19-21-38)10-7-17-53(72)68-30-28-67(29-31-68)48-33-43-42(32-45(48)62)57(75)70(58(43)76)47-23-25-52(71)65-56(47)74/h5-6,8-9,11-16,18-22,24,32-33,47H,7,10,17,23,25-31,34H2,1-4H3,(H,63,66,73)(H,65,71,74). The summed E-state index contributed by atoms with van der Waals surface area (Å²) in [4.78, 5) is 108. The number of fused-ring (bicyclic) bond motifs is 3. The van der Waals surface area contributed by atoms with Crippen LogP contribution >= 0.6 is 11.3 Å². The monoisotopic (exact) mass is 1100 g/mol. The van der Waals surface area contributed by atoms with Gasteiger partial charge in [0.05, 0.1) is 27.0 Å². The molecule has 4 aliphatic rings. The van der Waals surface area contributed by atoms with Crippen molar-refractivity contribution in [3.8, 4) is 22.6 Å². The van der Waals surface area contributed by atoms with Gasteiger partial charge in [-0.05, 0) is 142 Å². The third-order valence-corrected chi connectivity index (χ3v) is 15.8. The molecule has 2 fully saturated rings. The van der Waals surface area contributed by atoms with E-state index in [0.717, 1.165) is 49.0 Å². The van der Waals surface area contributed by atoms with Crippen molar-refractivity contribution in [1.29, 1.82) is 0 Å². The van der Waals surface area contributed by atoms with Crippen LogP contribution < -0.4 is 25.2 Å². The molecule has 19 heteroatoms. The zero-order valence-electron chi connectivity index (χ0n) is 44.6.